The first-order valence-electron chi connectivity index (χ1n) is 25.3. The summed E-state index contributed by atoms with van der Waals surface area (Å²) in [5.41, 5.74) is 6.19. The maximum absolute atomic E-state index is 4.22. The summed E-state index contributed by atoms with van der Waals surface area (Å²) in [5.74, 6) is 0. The SMILES string of the molecule is CC(C)(C)n1p2[nH]c3cccc4c(cccc34)[nH]p3n(C(C)(C)C)p([nH]c4cccc5c(cccc45)[nH]p4n(C(C)(C)C)p([nH]c5cccc6c(cccc56)[nH]p1n2C(C)(C)C)n4C(C)(C)C)n3C(C)(C)C. The van der Waals surface area contributed by atoms with Gasteiger partial charge in [0.2, 0.25) is 0 Å². The fourth-order valence-electron chi connectivity index (χ4n) is 10.0. The van der Waals surface area contributed by atoms with Gasteiger partial charge in [-0.25, -0.2) is 0 Å². The van der Waals surface area contributed by atoms with E-state index < -0.39 is 46.9 Å². The minimum atomic E-state index is -0.962. The number of H-pyrrole nitrogens is 6. The lowest BCUT2D eigenvalue weighted by molar-refractivity contribution is 0.409. The molecule has 18 heteroatoms. The van der Waals surface area contributed by atoms with Crippen LogP contribution in [0.25, 0.3) is 65.4 Å². The second kappa shape index (κ2) is 17.6. The molecule has 0 aliphatic heterocycles. The van der Waals surface area contributed by atoms with Crippen molar-refractivity contribution in [1.29, 1.82) is 0 Å². The van der Waals surface area contributed by atoms with Crippen LogP contribution >= 0.6 is 46.9 Å². The molecule has 0 atom stereocenters. The van der Waals surface area contributed by atoms with Crippen LogP contribution in [0.4, 0.5) is 0 Å². The molecule has 13 rings (SSSR count). The van der Waals surface area contributed by atoms with E-state index in [1.807, 2.05) is 0 Å². The minimum absolute atomic E-state index is 0.125. The van der Waals surface area contributed by atoms with Crippen LogP contribution in [-0.4, -0.2) is 53.0 Å². The second-order valence-corrected chi connectivity index (χ2v) is 36.8. The highest BCUT2D eigenvalue weighted by atomic mass is 31.2. The molecular weight excluding hydrogens is 1000 g/mol. The van der Waals surface area contributed by atoms with Gasteiger partial charge in [-0.2, -0.15) is 0 Å². The average molecular weight is 1080 g/mol. The average Bonchev–Trinajstić information content (AvgIpc) is 3.22. The van der Waals surface area contributed by atoms with Gasteiger partial charge in [0, 0.05) is 65.6 Å². The second-order valence-electron chi connectivity index (χ2n) is 25.3. The maximum atomic E-state index is 4.22. The van der Waals surface area contributed by atoms with Crippen LogP contribution < -0.4 is 0 Å². The summed E-state index contributed by atoms with van der Waals surface area (Å²) in [6, 6.07) is 40.8. The van der Waals surface area contributed by atoms with E-state index in [9.17, 15) is 0 Å². The lowest BCUT2D eigenvalue weighted by Crippen LogP contribution is -2.30. The molecule has 12 nitrogen and oxygen atoms in total. The summed E-state index contributed by atoms with van der Waals surface area (Å²) >= 11 is 0. The van der Waals surface area contributed by atoms with E-state index in [0.29, 0.717) is 0 Å². The van der Waals surface area contributed by atoms with Crippen molar-refractivity contribution in [2.75, 3.05) is 0 Å². The molecule has 72 heavy (non-hydrogen) atoms. The Balaban J connectivity index is 1.46. The van der Waals surface area contributed by atoms with Crippen LogP contribution in [0.5, 0.6) is 0 Å². The molecule has 0 unspecified atom stereocenters. The zero-order valence-corrected chi connectivity index (χ0v) is 51.1. The van der Waals surface area contributed by atoms with Gasteiger partial charge in [-0.05, 0) is 161 Å². The third-order valence-corrected chi connectivity index (χ3v) is 33.1. The molecule has 6 aromatic carbocycles. The standard InChI is InChI=1S/C54H78N12P6/c1-49(2,3)61-67-55-43-31-19-27-39-37(43)25-21-33-45(39)57-69-63(51(7,8)9)71(64(69)52(10,11)12)59-47-35-23-30-42-41(47)29-24-36-48(42)60-72-65(53(13,14)15)70(66(72)54(16,17)18)58-46-34-22-26-38-40(46)28-20-32-44(38)56-68(61)62(67)50(4,5)6/h19-36,55-60H,1-18H3. The fraction of sp³-hybridized carbons (Fsp3) is 0.444. The smallest absolute Gasteiger partial charge is 0.144 e. The molecule has 0 aliphatic carbocycles. The zero-order chi connectivity index (χ0) is 51.8. The molecule has 0 saturated carbocycles. The topological polar surface area (TPSA) is 124 Å². The van der Waals surface area contributed by atoms with Crippen LogP contribution in [0.2, 0.25) is 0 Å². The third-order valence-electron chi connectivity index (χ3n) is 12.8. The van der Waals surface area contributed by atoms with Crippen molar-refractivity contribution in [2.45, 2.75) is 158 Å². The number of nitrogens with zero attached hydrogens (tertiary/aromatic N) is 6. The van der Waals surface area contributed by atoms with Crippen LogP contribution in [0.1, 0.15) is 125 Å². The normalized spacial score (nSPS) is 14.9. The van der Waals surface area contributed by atoms with Crippen molar-refractivity contribution in [3.05, 3.63) is 109 Å². The quantitative estimate of drug-likeness (QED) is 0.0866. The molecule has 6 N–H and O–H groups in total. The molecule has 18 bridgehead atoms. The molecule has 13 aromatic rings. The highest BCUT2D eigenvalue weighted by Crippen LogP contribution is 2.52. The molecule has 0 spiro atoms. The lowest BCUT2D eigenvalue weighted by Gasteiger charge is -2.38. The van der Waals surface area contributed by atoms with E-state index in [-0.39, 0.29) is 33.2 Å². The Kier molecular flexibility index (Phi) is 12.4. The first-order chi connectivity index (χ1) is 33.5. The summed E-state index contributed by atoms with van der Waals surface area (Å²) < 4.78 is 41.7. The summed E-state index contributed by atoms with van der Waals surface area (Å²) in [6.07, 6.45) is 0. The van der Waals surface area contributed by atoms with Gasteiger partial charge < -0.3 is 28.5 Å². The summed E-state index contributed by atoms with van der Waals surface area (Å²) in [6.45, 7) is 42.6. The first kappa shape index (κ1) is 51.0. The molecule has 0 aliphatic rings. The van der Waals surface area contributed by atoms with Gasteiger partial charge in [0.25, 0.3) is 0 Å². The van der Waals surface area contributed by atoms with Gasteiger partial charge >= 0.3 is 0 Å². The Bertz CT molecular complexity index is 3340. The minimum Gasteiger partial charge on any atom is -0.315 e. The summed E-state index contributed by atoms with van der Waals surface area (Å²) in [5, 5.41) is 7.33. The van der Waals surface area contributed by atoms with Gasteiger partial charge in [-0.3, -0.25) is 24.6 Å². The largest absolute Gasteiger partial charge is 0.315 e. The molecule has 0 saturated heterocycles. The first-order valence-corrected chi connectivity index (χ1v) is 32.8. The van der Waals surface area contributed by atoms with Crippen molar-refractivity contribution < 1.29 is 0 Å². The van der Waals surface area contributed by atoms with E-state index >= 15 is 0 Å². The van der Waals surface area contributed by atoms with E-state index in [1.165, 1.54) is 32.3 Å². The number of hydrogen-bond donors (Lipinski definition) is 6. The van der Waals surface area contributed by atoms with Crippen molar-refractivity contribution in [1.82, 2.24) is 53.0 Å². The highest BCUT2D eigenvalue weighted by molar-refractivity contribution is 7.58. The monoisotopic (exact) mass is 1080 g/mol. The van der Waals surface area contributed by atoms with Crippen LogP contribution in [0, 0.1) is 0 Å². The van der Waals surface area contributed by atoms with Crippen LogP contribution in [0.15, 0.2) is 109 Å². The van der Waals surface area contributed by atoms with Gasteiger partial charge in [-0.15, -0.1) is 0 Å². The van der Waals surface area contributed by atoms with Gasteiger partial charge in [0.05, 0.1) is 33.1 Å². The number of hydrogen-bond acceptors (Lipinski definition) is 0. The number of aromatic amines is 6. The van der Waals surface area contributed by atoms with Gasteiger partial charge in [0.1, 0.15) is 46.9 Å². The van der Waals surface area contributed by atoms with Crippen LogP contribution in [-0.2, 0) is 33.2 Å². The molecular formula is C54H78N12P6. The Morgan fingerprint density at radius 2 is 0.347 bits per heavy atom. The molecule has 7 heterocycles. The number of aromatic nitrogens is 12. The van der Waals surface area contributed by atoms with E-state index in [1.54, 1.807) is 0 Å². The molecule has 0 fully saturated rings. The Hall–Kier alpha value is -4.50. The Morgan fingerprint density at radius 3 is 0.458 bits per heavy atom. The van der Waals surface area contributed by atoms with Crippen molar-refractivity contribution in [2.24, 2.45) is 0 Å². The predicted octanol–water partition coefficient (Wildman–Crippen LogP) is 19.8. The lowest BCUT2D eigenvalue weighted by atomic mass is 10.1. The molecule has 384 valence electrons. The summed E-state index contributed by atoms with van der Waals surface area (Å²) in [7, 11) is -5.77. The van der Waals surface area contributed by atoms with E-state index in [4.69, 9.17) is 0 Å². The Morgan fingerprint density at radius 1 is 0.222 bits per heavy atom. The van der Waals surface area contributed by atoms with E-state index in [0.717, 1.165) is 33.1 Å². The number of benzene rings is 6. The van der Waals surface area contributed by atoms with Crippen molar-refractivity contribution >= 4 is 112 Å². The predicted molar refractivity (Wildman–Crippen MR) is 323 cm³/mol. The zero-order valence-electron chi connectivity index (χ0n) is 45.8. The van der Waals surface area contributed by atoms with Crippen LogP contribution in [0.3, 0.4) is 0 Å². The Labute approximate surface area is 430 Å². The van der Waals surface area contributed by atoms with Gasteiger partial charge in [-0.1, -0.05) is 72.8 Å². The highest BCUT2D eigenvalue weighted by Gasteiger charge is 2.32. The third kappa shape index (κ3) is 8.85. The maximum Gasteiger partial charge on any atom is 0.144 e. The summed E-state index contributed by atoms with van der Waals surface area (Å²) in [4.78, 5) is 0. The van der Waals surface area contributed by atoms with E-state index in [2.05, 4.69) is 287 Å². The fourth-order valence-corrected chi connectivity index (χ4v) is 28.2. The van der Waals surface area contributed by atoms with Crippen molar-refractivity contribution in [3.8, 4) is 0 Å². The number of rotatable bonds is 0. The van der Waals surface area contributed by atoms with Crippen molar-refractivity contribution in [3.63, 3.8) is 0 Å². The molecule has 7 aromatic heterocycles. The molecule has 0 radical (unpaired) electrons. The molecule has 0 amide bonds. The number of nitrogens with one attached hydrogen (secondary N) is 6. The van der Waals surface area contributed by atoms with Gasteiger partial charge in [0.15, 0.2) is 0 Å².